The number of carbonyl (C=O) groups is 3. The number of anilines is 2. The second-order valence-corrected chi connectivity index (χ2v) is 5.05. The normalized spacial score (nSPS) is 9.92. The van der Waals surface area contributed by atoms with Gasteiger partial charge in [-0.05, 0) is 44.0 Å². The third kappa shape index (κ3) is 8.17. The molecule has 2 N–H and O–H groups in total. The van der Waals surface area contributed by atoms with Gasteiger partial charge in [0.15, 0.2) is 0 Å². The Morgan fingerprint density at radius 3 is 2.12 bits per heavy atom. The summed E-state index contributed by atoms with van der Waals surface area (Å²) in [5.41, 5.74) is 1.19. The molecule has 0 aliphatic heterocycles. The van der Waals surface area contributed by atoms with E-state index >= 15 is 0 Å². The molecule has 0 aromatic heterocycles. The minimum atomic E-state index is -0.507. The van der Waals surface area contributed by atoms with Crippen molar-refractivity contribution >= 4 is 29.3 Å². The average molecular weight is 336 g/mol. The number of amides is 2. The van der Waals surface area contributed by atoms with Gasteiger partial charge in [-0.1, -0.05) is 6.92 Å². The molecule has 0 saturated carbocycles. The monoisotopic (exact) mass is 336 g/mol. The van der Waals surface area contributed by atoms with E-state index in [-0.39, 0.29) is 24.7 Å². The first kappa shape index (κ1) is 19.5. The highest BCUT2D eigenvalue weighted by Crippen LogP contribution is 2.14. The summed E-state index contributed by atoms with van der Waals surface area (Å²) in [5, 5.41) is 5.32. The lowest BCUT2D eigenvalue weighted by molar-refractivity contribution is -0.143. The van der Waals surface area contributed by atoms with E-state index in [1.807, 2.05) is 6.92 Å². The van der Waals surface area contributed by atoms with E-state index < -0.39 is 6.09 Å². The SMILES string of the molecule is CCCOC(=O)Nc1ccc(NC(=O)CCCC(=O)OCC)cc1. The molecule has 0 fully saturated rings. The largest absolute Gasteiger partial charge is 0.466 e. The molecule has 1 aromatic rings. The van der Waals surface area contributed by atoms with E-state index in [9.17, 15) is 14.4 Å². The number of hydrogen-bond acceptors (Lipinski definition) is 5. The summed E-state index contributed by atoms with van der Waals surface area (Å²) in [7, 11) is 0. The zero-order valence-corrected chi connectivity index (χ0v) is 14.1. The van der Waals surface area contributed by atoms with Crippen LogP contribution in [0.5, 0.6) is 0 Å². The van der Waals surface area contributed by atoms with E-state index in [1.54, 1.807) is 31.2 Å². The fourth-order valence-corrected chi connectivity index (χ4v) is 1.84. The first-order chi connectivity index (χ1) is 11.5. The lowest BCUT2D eigenvalue weighted by atomic mass is 10.2. The lowest BCUT2D eigenvalue weighted by Crippen LogP contribution is -2.14. The number of esters is 1. The molecule has 24 heavy (non-hydrogen) atoms. The van der Waals surface area contributed by atoms with E-state index in [0.29, 0.717) is 31.0 Å². The quantitative estimate of drug-likeness (QED) is 0.675. The molecular weight excluding hydrogens is 312 g/mol. The van der Waals surface area contributed by atoms with Gasteiger partial charge in [-0.15, -0.1) is 0 Å². The molecule has 0 unspecified atom stereocenters. The molecule has 1 rings (SSSR count). The smallest absolute Gasteiger partial charge is 0.411 e. The summed E-state index contributed by atoms with van der Waals surface area (Å²) in [6.45, 7) is 4.37. The van der Waals surface area contributed by atoms with E-state index in [2.05, 4.69) is 10.6 Å². The molecule has 0 spiro atoms. The Morgan fingerprint density at radius 1 is 0.917 bits per heavy atom. The predicted molar refractivity (Wildman–Crippen MR) is 90.8 cm³/mol. The summed E-state index contributed by atoms with van der Waals surface area (Å²) in [4.78, 5) is 34.4. The third-order valence-electron chi connectivity index (χ3n) is 2.94. The van der Waals surface area contributed by atoms with Gasteiger partial charge >= 0.3 is 12.1 Å². The van der Waals surface area contributed by atoms with Crippen molar-refractivity contribution in [1.29, 1.82) is 0 Å². The molecule has 0 atom stereocenters. The zero-order chi connectivity index (χ0) is 17.8. The molecule has 132 valence electrons. The van der Waals surface area contributed by atoms with Crippen molar-refractivity contribution in [2.24, 2.45) is 0 Å². The van der Waals surface area contributed by atoms with Gasteiger partial charge in [-0.25, -0.2) is 4.79 Å². The molecular formula is C17H24N2O5. The fourth-order valence-electron chi connectivity index (χ4n) is 1.84. The van der Waals surface area contributed by atoms with Crippen molar-refractivity contribution in [3.8, 4) is 0 Å². The maximum absolute atomic E-state index is 11.8. The number of carbonyl (C=O) groups excluding carboxylic acids is 3. The minimum absolute atomic E-state index is 0.178. The van der Waals surface area contributed by atoms with Gasteiger partial charge in [0.1, 0.15) is 0 Å². The van der Waals surface area contributed by atoms with Crippen molar-refractivity contribution < 1.29 is 23.9 Å². The fraction of sp³-hybridized carbons (Fsp3) is 0.471. The third-order valence-corrected chi connectivity index (χ3v) is 2.94. The van der Waals surface area contributed by atoms with Gasteiger partial charge in [0.25, 0.3) is 0 Å². The second kappa shape index (κ2) is 11.0. The van der Waals surface area contributed by atoms with Crippen LogP contribution >= 0.6 is 0 Å². The van der Waals surface area contributed by atoms with Gasteiger partial charge in [0.05, 0.1) is 13.2 Å². The van der Waals surface area contributed by atoms with Gasteiger partial charge in [0, 0.05) is 24.2 Å². The standard InChI is InChI=1S/C17H24N2O5/c1-3-12-24-17(22)19-14-10-8-13(9-11-14)18-15(20)6-5-7-16(21)23-4-2/h8-11H,3-7,12H2,1-2H3,(H,18,20)(H,19,22). The average Bonchev–Trinajstić information content (AvgIpc) is 2.55. The van der Waals surface area contributed by atoms with Crippen LogP contribution < -0.4 is 10.6 Å². The summed E-state index contributed by atoms with van der Waals surface area (Å²) < 4.78 is 9.71. The molecule has 2 amide bonds. The van der Waals surface area contributed by atoms with E-state index in [4.69, 9.17) is 9.47 Å². The Balaban J connectivity index is 2.34. The second-order valence-electron chi connectivity index (χ2n) is 5.05. The topological polar surface area (TPSA) is 93.7 Å². The van der Waals surface area contributed by atoms with Gasteiger partial charge < -0.3 is 14.8 Å². The van der Waals surface area contributed by atoms with Crippen molar-refractivity contribution in [2.75, 3.05) is 23.8 Å². The van der Waals surface area contributed by atoms with Crippen LogP contribution in [0.1, 0.15) is 39.5 Å². The van der Waals surface area contributed by atoms with E-state index in [0.717, 1.165) is 6.42 Å². The van der Waals surface area contributed by atoms with Crippen molar-refractivity contribution in [3.05, 3.63) is 24.3 Å². The number of ether oxygens (including phenoxy) is 2. The number of benzene rings is 1. The Hall–Kier alpha value is -2.57. The van der Waals surface area contributed by atoms with Crippen LogP contribution in [0.15, 0.2) is 24.3 Å². The molecule has 1 aromatic carbocycles. The summed E-state index contributed by atoms with van der Waals surface area (Å²) in [6.07, 6.45) is 1.15. The lowest BCUT2D eigenvalue weighted by Gasteiger charge is -2.08. The molecule has 0 radical (unpaired) electrons. The molecule has 7 heteroatoms. The molecule has 0 aliphatic carbocycles. The van der Waals surface area contributed by atoms with Crippen molar-refractivity contribution in [2.45, 2.75) is 39.5 Å². The summed E-state index contributed by atoms with van der Waals surface area (Å²) in [5.74, 6) is -0.474. The Bertz CT molecular complexity index is 542. The van der Waals surface area contributed by atoms with Gasteiger partial charge in [0.2, 0.25) is 5.91 Å². The van der Waals surface area contributed by atoms with Crippen LogP contribution in [-0.4, -0.2) is 31.2 Å². The van der Waals surface area contributed by atoms with Gasteiger partial charge in [-0.2, -0.15) is 0 Å². The molecule has 0 bridgehead atoms. The first-order valence-corrected chi connectivity index (χ1v) is 8.04. The van der Waals surface area contributed by atoms with Crippen LogP contribution in [0.4, 0.5) is 16.2 Å². The molecule has 0 aliphatic rings. The molecule has 0 saturated heterocycles. The van der Waals surface area contributed by atoms with Crippen LogP contribution in [0.25, 0.3) is 0 Å². The summed E-state index contributed by atoms with van der Waals surface area (Å²) in [6, 6.07) is 6.69. The first-order valence-electron chi connectivity index (χ1n) is 8.04. The van der Waals surface area contributed by atoms with Crippen molar-refractivity contribution in [1.82, 2.24) is 0 Å². The Labute approximate surface area is 141 Å². The molecule has 7 nitrogen and oxygen atoms in total. The Kier molecular flexibility index (Phi) is 8.96. The number of hydrogen-bond donors (Lipinski definition) is 2. The summed E-state index contributed by atoms with van der Waals surface area (Å²) >= 11 is 0. The maximum atomic E-state index is 11.8. The maximum Gasteiger partial charge on any atom is 0.411 e. The van der Waals surface area contributed by atoms with Crippen LogP contribution in [0.3, 0.4) is 0 Å². The van der Waals surface area contributed by atoms with Gasteiger partial charge in [-0.3, -0.25) is 14.9 Å². The highest BCUT2D eigenvalue weighted by molar-refractivity contribution is 5.91. The van der Waals surface area contributed by atoms with Crippen LogP contribution in [0.2, 0.25) is 0 Å². The van der Waals surface area contributed by atoms with E-state index in [1.165, 1.54) is 0 Å². The van der Waals surface area contributed by atoms with Crippen LogP contribution in [0, 0.1) is 0 Å². The zero-order valence-electron chi connectivity index (χ0n) is 14.1. The minimum Gasteiger partial charge on any atom is -0.466 e. The number of nitrogens with one attached hydrogen (secondary N) is 2. The van der Waals surface area contributed by atoms with Crippen LogP contribution in [-0.2, 0) is 19.1 Å². The highest BCUT2D eigenvalue weighted by Gasteiger charge is 2.07. The Morgan fingerprint density at radius 2 is 1.54 bits per heavy atom. The molecule has 0 heterocycles. The number of rotatable bonds is 9. The highest BCUT2D eigenvalue weighted by atomic mass is 16.5. The van der Waals surface area contributed by atoms with Crippen molar-refractivity contribution in [3.63, 3.8) is 0 Å². The predicted octanol–water partition coefficient (Wildman–Crippen LogP) is 3.32.